The molecule has 0 aliphatic rings. The van der Waals surface area contributed by atoms with Crippen molar-refractivity contribution >= 4 is 15.9 Å². The monoisotopic (exact) mass is 189 g/mol. The molecule has 50 valence electrons. The number of halogens is 1. The molecule has 0 saturated heterocycles. The smallest absolute Gasteiger partial charge is 0.0902 e. The van der Waals surface area contributed by atoms with Crippen LogP contribution >= 0.6 is 15.9 Å². The number of hydrogen-bond acceptors (Lipinski definition) is 2. The molecule has 1 heterocycles. The van der Waals surface area contributed by atoms with Gasteiger partial charge >= 0.3 is 0 Å². The number of H-pyrrole nitrogens is 1. The van der Waals surface area contributed by atoms with E-state index in [1.165, 1.54) is 0 Å². The summed E-state index contributed by atoms with van der Waals surface area (Å²) in [5.41, 5.74) is 7.26. The first kappa shape index (κ1) is 6.77. The van der Waals surface area contributed by atoms with E-state index in [1.54, 1.807) is 0 Å². The molecule has 0 radical (unpaired) electrons. The van der Waals surface area contributed by atoms with Gasteiger partial charge in [0.2, 0.25) is 0 Å². The number of nitrogens with one attached hydrogen (secondary N) is 1. The highest BCUT2D eigenvalue weighted by Crippen LogP contribution is 2.16. The Labute approximate surface area is 61.8 Å². The van der Waals surface area contributed by atoms with Crippen molar-refractivity contribution in [1.82, 2.24) is 10.2 Å². The van der Waals surface area contributed by atoms with E-state index in [-0.39, 0.29) is 0 Å². The molecule has 0 aliphatic carbocycles. The van der Waals surface area contributed by atoms with Crippen LogP contribution in [0.1, 0.15) is 11.4 Å². The van der Waals surface area contributed by atoms with Gasteiger partial charge in [-0.3, -0.25) is 5.10 Å². The highest BCUT2D eigenvalue weighted by molar-refractivity contribution is 9.10. The normalized spacial score (nSPS) is 10.1. The van der Waals surface area contributed by atoms with Crippen LogP contribution in [0.3, 0.4) is 0 Å². The van der Waals surface area contributed by atoms with E-state index in [9.17, 15) is 0 Å². The van der Waals surface area contributed by atoms with Crippen molar-refractivity contribution in [2.45, 2.75) is 13.5 Å². The molecule has 0 aromatic carbocycles. The minimum atomic E-state index is 0.477. The number of nitrogens with zero attached hydrogens (tertiary/aromatic N) is 1. The third-order valence-electron chi connectivity index (χ3n) is 1.13. The van der Waals surface area contributed by atoms with Crippen LogP contribution < -0.4 is 5.73 Å². The lowest BCUT2D eigenvalue weighted by atomic mass is 10.4. The first-order valence-electron chi connectivity index (χ1n) is 2.65. The Hall–Kier alpha value is -0.350. The molecule has 3 N–H and O–H groups in total. The number of aromatic amines is 1. The van der Waals surface area contributed by atoms with Crippen molar-refractivity contribution in [3.8, 4) is 0 Å². The summed E-state index contributed by atoms with van der Waals surface area (Å²) < 4.78 is 0.991. The van der Waals surface area contributed by atoms with E-state index in [1.807, 2.05) is 6.92 Å². The molecule has 1 rings (SSSR count). The lowest BCUT2D eigenvalue weighted by Crippen LogP contribution is -1.96. The Balaban J connectivity index is 3.04. The lowest BCUT2D eigenvalue weighted by molar-refractivity contribution is 0.937. The maximum Gasteiger partial charge on any atom is 0.0902 e. The van der Waals surface area contributed by atoms with Crippen molar-refractivity contribution in [2.24, 2.45) is 5.73 Å². The molecule has 0 aliphatic heterocycles. The van der Waals surface area contributed by atoms with Gasteiger partial charge in [-0.2, -0.15) is 5.10 Å². The van der Waals surface area contributed by atoms with Gasteiger partial charge in [0.1, 0.15) is 0 Å². The highest BCUT2D eigenvalue weighted by atomic mass is 79.9. The van der Waals surface area contributed by atoms with Crippen LogP contribution in [-0.2, 0) is 6.54 Å². The number of nitrogens with two attached hydrogens (primary N) is 1. The predicted molar refractivity (Wildman–Crippen MR) is 38.9 cm³/mol. The third kappa shape index (κ3) is 1.14. The van der Waals surface area contributed by atoms with Crippen LogP contribution in [0.4, 0.5) is 0 Å². The van der Waals surface area contributed by atoms with Gasteiger partial charge in [0.25, 0.3) is 0 Å². The average Bonchev–Trinajstić information content (AvgIpc) is 2.15. The standard InChI is InChI=1S/C5H8BrN3/c1-3-5(6)4(2-7)9-8-3/h2,7H2,1H3,(H,8,9). The highest BCUT2D eigenvalue weighted by Gasteiger charge is 2.02. The Morgan fingerprint density at radius 1 is 1.78 bits per heavy atom. The molecule has 4 heteroatoms. The second kappa shape index (κ2) is 2.49. The zero-order valence-corrected chi connectivity index (χ0v) is 6.70. The van der Waals surface area contributed by atoms with Gasteiger partial charge in [-0.25, -0.2) is 0 Å². The minimum absolute atomic E-state index is 0.477. The molecule has 0 amide bonds. The van der Waals surface area contributed by atoms with Gasteiger partial charge in [-0.05, 0) is 22.9 Å². The number of aryl methyl sites for hydroxylation is 1. The maximum absolute atomic E-state index is 5.35. The fourth-order valence-electron chi connectivity index (χ4n) is 0.601. The Morgan fingerprint density at radius 3 is 2.67 bits per heavy atom. The molecule has 0 saturated carbocycles. The van der Waals surface area contributed by atoms with Gasteiger partial charge < -0.3 is 5.73 Å². The van der Waals surface area contributed by atoms with Gasteiger partial charge in [-0.15, -0.1) is 0 Å². The van der Waals surface area contributed by atoms with Gasteiger partial charge in [0.15, 0.2) is 0 Å². The molecule has 9 heavy (non-hydrogen) atoms. The predicted octanol–water partition coefficient (Wildman–Crippen LogP) is 0.939. The largest absolute Gasteiger partial charge is 0.325 e. The minimum Gasteiger partial charge on any atom is -0.325 e. The summed E-state index contributed by atoms with van der Waals surface area (Å²) in [6, 6.07) is 0. The molecule has 3 nitrogen and oxygen atoms in total. The zero-order chi connectivity index (χ0) is 6.85. The van der Waals surface area contributed by atoms with Gasteiger partial charge in [0.05, 0.1) is 10.2 Å². The van der Waals surface area contributed by atoms with E-state index >= 15 is 0 Å². The Morgan fingerprint density at radius 2 is 2.44 bits per heavy atom. The molecular formula is C5H8BrN3. The molecule has 1 aromatic heterocycles. The number of aromatic nitrogens is 2. The van der Waals surface area contributed by atoms with Gasteiger partial charge in [0, 0.05) is 12.2 Å². The summed E-state index contributed by atoms with van der Waals surface area (Å²) in [4.78, 5) is 0. The van der Waals surface area contributed by atoms with Crippen LogP contribution in [0.5, 0.6) is 0 Å². The molecule has 0 unspecified atom stereocenters. The van der Waals surface area contributed by atoms with E-state index in [4.69, 9.17) is 5.73 Å². The first-order chi connectivity index (χ1) is 4.25. The summed E-state index contributed by atoms with van der Waals surface area (Å²) >= 11 is 3.34. The summed E-state index contributed by atoms with van der Waals surface area (Å²) in [6.07, 6.45) is 0. The van der Waals surface area contributed by atoms with Crippen molar-refractivity contribution in [1.29, 1.82) is 0 Å². The van der Waals surface area contributed by atoms with E-state index in [0.717, 1.165) is 15.9 Å². The second-order valence-corrected chi connectivity index (χ2v) is 2.61. The summed E-state index contributed by atoms with van der Waals surface area (Å²) in [6.45, 7) is 2.42. The van der Waals surface area contributed by atoms with Crippen LogP contribution in [0.2, 0.25) is 0 Å². The Kier molecular flexibility index (Phi) is 1.87. The molecular weight excluding hydrogens is 182 g/mol. The molecule has 0 atom stereocenters. The summed E-state index contributed by atoms with van der Waals surface area (Å²) in [7, 11) is 0. The summed E-state index contributed by atoms with van der Waals surface area (Å²) in [5, 5.41) is 6.75. The summed E-state index contributed by atoms with van der Waals surface area (Å²) in [5.74, 6) is 0. The lowest BCUT2D eigenvalue weighted by Gasteiger charge is -1.86. The topological polar surface area (TPSA) is 54.7 Å². The van der Waals surface area contributed by atoms with E-state index < -0.39 is 0 Å². The fourth-order valence-corrected chi connectivity index (χ4v) is 0.940. The molecule has 0 fully saturated rings. The van der Waals surface area contributed by atoms with Crippen molar-refractivity contribution < 1.29 is 0 Å². The van der Waals surface area contributed by atoms with Crippen LogP contribution in [0.25, 0.3) is 0 Å². The fraction of sp³-hybridized carbons (Fsp3) is 0.400. The van der Waals surface area contributed by atoms with E-state index in [2.05, 4.69) is 26.1 Å². The molecule has 1 aromatic rings. The average molecular weight is 190 g/mol. The molecule has 0 bridgehead atoms. The van der Waals surface area contributed by atoms with Crippen molar-refractivity contribution in [3.63, 3.8) is 0 Å². The maximum atomic E-state index is 5.35. The second-order valence-electron chi connectivity index (χ2n) is 1.81. The third-order valence-corrected chi connectivity index (χ3v) is 2.19. The first-order valence-corrected chi connectivity index (χ1v) is 3.44. The Bertz CT molecular complexity index is 206. The SMILES string of the molecule is Cc1[nH]nc(CN)c1Br. The van der Waals surface area contributed by atoms with Crippen LogP contribution in [-0.4, -0.2) is 10.2 Å². The van der Waals surface area contributed by atoms with Gasteiger partial charge in [-0.1, -0.05) is 0 Å². The zero-order valence-electron chi connectivity index (χ0n) is 5.11. The quantitative estimate of drug-likeness (QED) is 0.692. The van der Waals surface area contributed by atoms with Crippen LogP contribution in [0, 0.1) is 6.92 Å². The number of hydrogen-bond donors (Lipinski definition) is 2. The number of rotatable bonds is 1. The van der Waals surface area contributed by atoms with E-state index in [0.29, 0.717) is 6.54 Å². The van der Waals surface area contributed by atoms with Crippen LogP contribution in [0.15, 0.2) is 4.47 Å². The molecule has 0 spiro atoms. The van der Waals surface area contributed by atoms with Crippen molar-refractivity contribution in [3.05, 3.63) is 15.9 Å². The van der Waals surface area contributed by atoms with Crippen molar-refractivity contribution in [2.75, 3.05) is 0 Å².